The van der Waals surface area contributed by atoms with Gasteiger partial charge in [0.15, 0.2) is 17.3 Å². The van der Waals surface area contributed by atoms with Crippen molar-refractivity contribution in [3.8, 4) is 11.4 Å². The summed E-state index contributed by atoms with van der Waals surface area (Å²) in [5.74, 6) is 0.358. The van der Waals surface area contributed by atoms with E-state index in [1.807, 2.05) is 29.8 Å². The number of nitrogens with zero attached hydrogens (tertiary/aromatic N) is 3. The molecule has 2 heterocycles. The number of hydrogen-bond acceptors (Lipinski definition) is 5. The number of aryl methyl sites for hydroxylation is 1. The zero-order valence-corrected chi connectivity index (χ0v) is 19.4. The Kier molecular flexibility index (Phi) is 6.82. The lowest BCUT2D eigenvalue weighted by Crippen LogP contribution is -2.39. The van der Waals surface area contributed by atoms with E-state index in [0.717, 1.165) is 16.9 Å². The van der Waals surface area contributed by atoms with Crippen molar-refractivity contribution in [2.24, 2.45) is 5.73 Å². The first-order chi connectivity index (χ1) is 16.9. The molecule has 0 radical (unpaired) electrons. The van der Waals surface area contributed by atoms with Crippen molar-refractivity contribution in [3.05, 3.63) is 120 Å². The molecule has 0 spiro atoms. The maximum atomic E-state index is 13.3. The molecular formula is C27H25FN4O3. The van der Waals surface area contributed by atoms with E-state index in [-0.39, 0.29) is 23.9 Å². The zero-order chi connectivity index (χ0) is 24.9. The molecule has 0 fully saturated rings. The van der Waals surface area contributed by atoms with Gasteiger partial charge in [0.2, 0.25) is 0 Å². The van der Waals surface area contributed by atoms with Crippen LogP contribution in [0.5, 0.6) is 5.75 Å². The van der Waals surface area contributed by atoms with E-state index in [0.29, 0.717) is 17.1 Å². The molecule has 3 aromatic rings. The van der Waals surface area contributed by atoms with E-state index < -0.39 is 5.91 Å². The molecule has 2 N–H and O–H groups in total. The average Bonchev–Trinajstić information content (AvgIpc) is 3.29. The summed E-state index contributed by atoms with van der Waals surface area (Å²) in [6.45, 7) is 5.72. The molecule has 1 aliphatic rings. The number of halogens is 1. The quantitative estimate of drug-likeness (QED) is 0.402. The molecule has 4 rings (SSSR count). The summed E-state index contributed by atoms with van der Waals surface area (Å²) in [6.07, 6.45) is 10.1. The molecule has 1 amide bonds. The van der Waals surface area contributed by atoms with Gasteiger partial charge in [-0.2, -0.15) is 0 Å². The molecule has 7 nitrogen and oxygen atoms in total. The van der Waals surface area contributed by atoms with Crippen molar-refractivity contribution in [1.29, 1.82) is 0 Å². The van der Waals surface area contributed by atoms with Gasteiger partial charge in [0.05, 0.1) is 31.4 Å². The van der Waals surface area contributed by atoms with E-state index >= 15 is 0 Å². The summed E-state index contributed by atoms with van der Waals surface area (Å²) in [7, 11) is 1.58. The number of imidazole rings is 1. The van der Waals surface area contributed by atoms with Crippen molar-refractivity contribution >= 4 is 12.0 Å². The normalized spacial score (nSPS) is 15.1. The molecule has 1 aromatic heterocycles. The van der Waals surface area contributed by atoms with Gasteiger partial charge >= 0.3 is 0 Å². The number of benzene rings is 2. The highest BCUT2D eigenvalue weighted by Crippen LogP contribution is 2.29. The highest BCUT2D eigenvalue weighted by atomic mass is 19.1. The molecule has 35 heavy (non-hydrogen) atoms. The lowest BCUT2D eigenvalue weighted by molar-refractivity contribution is -0.130. The Labute approximate surface area is 202 Å². The summed E-state index contributed by atoms with van der Waals surface area (Å²) in [6, 6.07) is 11.4. The van der Waals surface area contributed by atoms with Crippen LogP contribution in [0.2, 0.25) is 0 Å². The Bertz CT molecular complexity index is 1350. The highest BCUT2D eigenvalue weighted by Gasteiger charge is 2.30. The van der Waals surface area contributed by atoms with E-state index in [1.54, 1.807) is 55.9 Å². The molecule has 8 heteroatoms. The smallest absolute Gasteiger partial charge is 0.295 e. The van der Waals surface area contributed by atoms with Crippen LogP contribution in [0.15, 0.2) is 97.1 Å². The third-order valence-electron chi connectivity index (χ3n) is 5.35. The Hall–Kier alpha value is -4.59. The number of carbonyl (C=O) groups excluding carboxylic acids is 1. The number of rotatable bonds is 7. The van der Waals surface area contributed by atoms with Crippen molar-refractivity contribution in [3.63, 3.8) is 0 Å². The number of amides is 1. The molecule has 2 aromatic carbocycles. The second-order valence-corrected chi connectivity index (χ2v) is 7.83. The molecule has 1 aliphatic heterocycles. The topological polar surface area (TPSA) is 82.6 Å². The molecule has 178 valence electrons. The van der Waals surface area contributed by atoms with Crippen LogP contribution >= 0.6 is 0 Å². The number of carbonyl (C=O) groups is 1. The number of ether oxygens (including phenoxy) is 2. The van der Waals surface area contributed by atoms with Crippen LogP contribution in [0, 0.1) is 12.7 Å². The monoisotopic (exact) mass is 472 g/mol. The van der Waals surface area contributed by atoms with E-state index in [1.165, 1.54) is 17.0 Å². The maximum Gasteiger partial charge on any atom is 0.295 e. The summed E-state index contributed by atoms with van der Waals surface area (Å²) < 4.78 is 26.6. The van der Waals surface area contributed by atoms with Gasteiger partial charge in [-0.25, -0.2) is 9.37 Å². The molecule has 0 unspecified atom stereocenters. The van der Waals surface area contributed by atoms with Crippen LogP contribution in [-0.2, 0) is 16.1 Å². The Morgan fingerprint density at radius 1 is 1.23 bits per heavy atom. The first kappa shape index (κ1) is 23.6. The Balaban J connectivity index is 1.70. The second-order valence-electron chi connectivity index (χ2n) is 7.83. The molecular weight excluding hydrogens is 447 g/mol. The predicted molar refractivity (Wildman–Crippen MR) is 131 cm³/mol. The molecule has 0 saturated heterocycles. The van der Waals surface area contributed by atoms with Crippen LogP contribution in [0.4, 0.5) is 4.39 Å². The lowest BCUT2D eigenvalue weighted by atomic mass is 10.1. The SMILES string of the molecule is C=C/C=C\C1=C(N)N(Cc2ccc(F)cc2)C(=O)/C(=C/c2ccc(-n3cnc(C)c3)c(OC)c2)O1. The number of hydrogen-bond donors (Lipinski definition) is 1. The number of methoxy groups -OCH3 is 1. The summed E-state index contributed by atoms with van der Waals surface area (Å²) >= 11 is 0. The zero-order valence-electron chi connectivity index (χ0n) is 19.4. The van der Waals surface area contributed by atoms with Gasteiger partial charge in [0.1, 0.15) is 11.6 Å². The Morgan fingerprint density at radius 3 is 2.66 bits per heavy atom. The summed E-state index contributed by atoms with van der Waals surface area (Å²) in [5, 5.41) is 0. The fourth-order valence-corrected chi connectivity index (χ4v) is 3.59. The second kappa shape index (κ2) is 10.1. The minimum absolute atomic E-state index is 0.0818. The van der Waals surface area contributed by atoms with Crippen LogP contribution in [0.25, 0.3) is 11.8 Å². The van der Waals surface area contributed by atoms with Crippen LogP contribution < -0.4 is 10.5 Å². The van der Waals surface area contributed by atoms with Gasteiger partial charge < -0.3 is 19.8 Å². The summed E-state index contributed by atoms with van der Waals surface area (Å²) in [5.41, 5.74) is 9.37. The summed E-state index contributed by atoms with van der Waals surface area (Å²) in [4.78, 5) is 19.0. The minimum atomic E-state index is -0.421. The first-order valence-electron chi connectivity index (χ1n) is 10.8. The Morgan fingerprint density at radius 2 is 2.00 bits per heavy atom. The third kappa shape index (κ3) is 5.16. The predicted octanol–water partition coefficient (Wildman–Crippen LogP) is 4.60. The van der Waals surface area contributed by atoms with Crippen molar-refractivity contribution < 1.29 is 18.7 Å². The van der Waals surface area contributed by atoms with E-state index in [2.05, 4.69) is 11.6 Å². The van der Waals surface area contributed by atoms with Gasteiger partial charge in [0, 0.05) is 6.20 Å². The van der Waals surface area contributed by atoms with Crippen LogP contribution in [0.3, 0.4) is 0 Å². The van der Waals surface area contributed by atoms with Crippen molar-refractivity contribution in [1.82, 2.24) is 14.5 Å². The first-order valence-corrected chi connectivity index (χ1v) is 10.8. The fraction of sp³-hybridized carbons (Fsp3) is 0.111. The number of nitrogens with two attached hydrogens (primary N) is 1. The molecule has 0 atom stereocenters. The molecule has 0 aliphatic carbocycles. The van der Waals surface area contributed by atoms with Gasteiger partial charge in [0.25, 0.3) is 5.91 Å². The number of allylic oxidation sites excluding steroid dienone is 3. The average molecular weight is 473 g/mol. The van der Waals surface area contributed by atoms with Gasteiger partial charge in [-0.05, 0) is 54.5 Å². The third-order valence-corrected chi connectivity index (χ3v) is 5.35. The minimum Gasteiger partial charge on any atom is -0.495 e. The molecule has 0 saturated carbocycles. The van der Waals surface area contributed by atoms with Crippen LogP contribution in [-0.4, -0.2) is 27.5 Å². The fourth-order valence-electron chi connectivity index (χ4n) is 3.59. The van der Waals surface area contributed by atoms with E-state index in [9.17, 15) is 9.18 Å². The lowest BCUT2D eigenvalue weighted by Gasteiger charge is -2.30. The molecule has 0 bridgehead atoms. The van der Waals surface area contributed by atoms with Crippen molar-refractivity contribution in [2.75, 3.05) is 7.11 Å². The largest absolute Gasteiger partial charge is 0.495 e. The maximum absolute atomic E-state index is 13.3. The van der Waals surface area contributed by atoms with Gasteiger partial charge in [-0.15, -0.1) is 0 Å². The van der Waals surface area contributed by atoms with Gasteiger partial charge in [-0.1, -0.05) is 36.9 Å². The standard InChI is InChI=1S/C27H25FN4O3/c1-4-5-6-23-26(29)32(16-19-7-10-21(28)11-8-19)27(33)25(35-23)14-20-9-12-22(24(13-20)34-3)31-15-18(2)30-17-31/h4-15,17H,1,16,29H2,2-3H3/b6-5-,25-14-. The number of aromatic nitrogens is 2. The highest BCUT2D eigenvalue weighted by molar-refractivity contribution is 5.98. The van der Waals surface area contributed by atoms with E-state index in [4.69, 9.17) is 15.2 Å². The van der Waals surface area contributed by atoms with Crippen LogP contribution in [0.1, 0.15) is 16.8 Å². The van der Waals surface area contributed by atoms with Gasteiger partial charge in [-0.3, -0.25) is 9.69 Å². The van der Waals surface area contributed by atoms with Crippen molar-refractivity contribution in [2.45, 2.75) is 13.5 Å².